The Balaban J connectivity index is 1.66. The second-order valence-electron chi connectivity index (χ2n) is 6.12. The van der Waals surface area contributed by atoms with Gasteiger partial charge in [-0.15, -0.1) is 0 Å². The number of anilines is 1. The zero-order valence-electron chi connectivity index (χ0n) is 13.1. The van der Waals surface area contributed by atoms with Crippen LogP contribution in [0.5, 0.6) is 0 Å². The number of carbonyl (C=O) groups is 1. The molecule has 0 spiro atoms. The predicted octanol–water partition coefficient (Wildman–Crippen LogP) is 3.44. The van der Waals surface area contributed by atoms with Crippen LogP contribution < -0.4 is 5.32 Å². The molecule has 0 bridgehead atoms. The van der Waals surface area contributed by atoms with Gasteiger partial charge in [-0.05, 0) is 47.4 Å². The van der Waals surface area contributed by atoms with Crippen LogP contribution >= 0.6 is 11.6 Å². The van der Waals surface area contributed by atoms with E-state index >= 15 is 0 Å². The number of nitrogens with zero attached hydrogens (tertiary/aromatic N) is 2. The number of rotatable bonds is 4. The molecule has 25 heavy (non-hydrogen) atoms. The molecule has 0 saturated heterocycles. The van der Waals surface area contributed by atoms with Gasteiger partial charge in [-0.25, -0.2) is 9.37 Å². The number of hydrogen-bond acceptors (Lipinski definition) is 3. The van der Waals surface area contributed by atoms with Crippen LogP contribution in [0.25, 0.3) is 16.8 Å². The van der Waals surface area contributed by atoms with E-state index in [-0.39, 0.29) is 18.9 Å². The van der Waals surface area contributed by atoms with Gasteiger partial charge in [-0.3, -0.25) is 4.79 Å². The van der Waals surface area contributed by atoms with Gasteiger partial charge in [0.2, 0.25) is 5.91 Å². The molecule has 0 aliphatic heterocycles. The highest BCUT2D eigenvalue weighted by molar-refractivity contribution is 6.30. The van der Waals surface area contributed by atoms with Crippen LogP contribution in [0.3, 0.4) is 0 Å². The van der Waals surface area contributed by atoms with Crippen molar-refractivity contribution >= 4 is 29.0 Å². The molecule has 1 amide bonds. The molecule has 2 N–H and O–H groups in total. The van der Waals surface area contributed by atoms with E-state index in [1.807, 2.05) is 18.3 Å². The van der Waals surface area contributed by atoms with Gasteiger partial charge in [-0.2, -0.15) is 0 Å². The number of halogens is 2. The van der Waals surface area contributed by atoms with Gasteiger partial charge >= 0.3 is 0 Å². The Morgan fingerprint density at radius 1 is 1.36 bits per heavy atom. The molecule has 2 aromatic heterocycles. The van der Waals surface area contributed by atoms with Crippen LogP contribution in [0, 0.1) is 5.92 Å². The Morgan fingerprint density at radius 3 is 2.88 bits per heavy atom. The Bertz CT molecular complexity index is 972. The molecule has 4 rings (SSSR count). The van der Waals surface area contributed by atoms with Crippen molar-refractivity contribution in [1.82, 2.24) is 9.38 Å². The zero-order chi connectivity index (χ0) is 17.6. The Kier molecular flexibility index (Phi) is 3.94. The van der Waals surface area contributed by atoms with Gasteiger partial charge in [0.15, 0.2) is 5.82 Å². The first kappa shape index (κ1) is 16.1. The van der Waals surface area contributed by atoms with Gasteiger partial charge < -0.3 is 14.8 Å². The first-order valence-electron chi connectivity index (χ1n) is 7.88. The topological polar surface area (TPSA) is 66.6 Å². The predicted molar refractivity (Wildman–Crippen MR) is 93.2 cm³/mol. The van der Waals surface area contributed by atoms with E-state index in [0.29, 0.717) is 16.5 Å². The number of fused-ring (bicyclic) bond motifs is 1. The molecule has 1 fully saturated rings. The number of benzene rings is 1. The Hall–Kier alpha value is -2.44. The summed E-state index contributed by atoms with van der Waals surface area (Å²) in [6.07, 6.45) is 2.76. The summed E-state index contributed by atoms with van der Waals surface area (Å²) < 4.78 is 14.7. The number of pyridine rings is 1. The number of nitrogens with one attached hydrogen (secondary N) is 1. The van der Waals surface area contributed by atoms with E-state index in [2.05, 4.69) is 10.3 Å². The van der Waals surface area contributed by atoms with Crippen LogP contribution in [0.15, 0.2) is 42.7 Å². The van der Waals surface area contributed by atoms with Crippen molar-refractivity contribution in [3.63, 3.8) is 0 Å². The molecule has 128 valence electrons. The lowest BCUT2D eigenvalue weighted by molar-refractivity contribution is -0.117. The minimum absolute atomic E-state index is 0.0957. The number of aliphatic hydroxyl groups is 1. The highest BCUT2D eigenvalue weighted by atomic mass is 35.5. The van der Waals surface area contributed by atoms with Crippen molar-refractivity contribution in [3.8, 4) is 11.1 Å². The summed E-state index contributed by atoms with van der Waals surface area (Å²) in [7, 11) is 0. The minimum atomic E-state index is -1.04. The van der Waals surface area contributed by atoms with Gasteiger partial charge in [0.25, 0.3) is 0 Å². The molecular formula is C18H15ClFN3O2. The molecule has 1 aliphatic carbocycles. The Labute approximate surface area is 148 Å². The standard InChI is InChI=1S/C18H15ClFN3O2/c19-12-3-1-11(9-24)13(5-12)10-2-4-17-21-16(8-23(17)7-10)22-18(25)14-6-15(14)20/h1-5,7-8,14-15,24H,6,9H2,(H,22,25). The van der Waals surface area contributed by atoms with E-state index in [9.17, 15) is 14.3 Å². The van der Waals surface area contributed by atoms with Crippen LogP contribution in [0.1, 0.15) is 12.0 Å². The lowest BCUT2D eigenvalue weighted by Gasteiger charge is -2.08. The van der Waals surface area contributed by atoms with Gasteiger partial charge in [-0.1, -0.05) is 17.7 Å². The number of aromatic nitrogens is 2. The third-order valence-corrected chi connectivity index (χ3v) is 4.54. The maximum atomic E-state index is 13.0. The van der Waals surface area contributed by atoms with Crippen LogP contribution in [-0.4, -0.2) is 26.6 Å². The van der Waals surface area contributed by atoms with Crippen LogP contribution in [-0.2, 0) is 11.4 Å². The molecule has 7 heteroatoms. The maximum absolute atomic E-state index is 13.0. The van der Waals surface area contributed by atoms with Crippen molar-refractivity contribution in [1.29, 1.82) is 0 Å². The summed E-state index contributed by atoms with van der Waals surface area (Å²) >= 11 is 6.07. The average molecular weight is 360 g/mol. The normalized spacial score (nSPS) is 19.2. The van der Waals surface area contributed by atoms with Crippen LogP contribution in [0.2, 0.25) is 5.02 Å². The smallest absolute Gasteiger partial charge is 0.231 e. The molecule has 3 aromatic rings. The lowest BCUT2D eigenvalue weighted by atomic mass is 10.0. The summed E-state index contributed by atoms with van der Waals surface area (Å²) in [4.78, 5) is 16.1. The molecule has 1 saturated carbocycles. The largest absolute Gasteiger partial charge is 0.392 e. The number of hydrogen-bond donors (Lipinski definition) is 2. The zero-order valence-corrected chi connectivity index (χ0v) is 13.9. The van der Waals surface area contributed by atoms with Crippen LogP contribution in [0.4, 0.5) is 10.2 Å². The van der Waals surface area contributed by atoms with E-state index in [4.69, 9.17) is 11.6 Å². The molecule has 1 aromatic carbocycles. The highest BCUT2D eigenvalue weighted by Crippen LogP contribution is 2.34. The number of aliphatic hydroxyl groups excluding tert-OH is 1. The molecule has 2 unspecified atom stereocenters. The summed E-state index contributed by atoms with van der Waals surface area (Å²) in [5.41, 5.74) is 3.11. The maximum Gasteiger partial charge on any atom is 0.231 e. The van der Waals surface area contributed by atoms with E-state index in [0.717, 1.165) is 16.7 Å². The fourth-order valence-corrected chi connectivity index (χ4v) is 2.99. The van der Waals surface area contributed by atoms with Gasteiger partial charge in [0.1, 0.15) is 11.8 Å². The van der Waals surface area contributed by atoms with E-state index < -0.39 is 12.1 Å². The molecule has 0 radical (unpaired) electrons. The minimum Gasteiger partial charge on any atom is -0.392 e. The molecule has 2 atom stereocenters. The molecule has 2 heterocycles. The van der Waals surface area contributed by atoms with E-state index in [1.54, 1.807) is 28.8 Å². The Morgan fingerprint density at radius 2 is 2.16 bits per heavy atom. The van der Waals surface area contributed by atoms with E-state index in [1.165, 1.54) is 0 Å². The number of amides is 1. The number of imidazole rings is 1. The fourth-order valence-electron chi connectivity index (χ4n) is 2.82. The third-order valence-electron chi connectivity index (χ3n) is 4.30. The molecule has 1 aliphatic rings. The van der Waals surface area contributed by atoms with Gasteiger partial charge in [0, 0.05) is 11.2 Å². The third kappa shape index (κ3) is 3.10. The molecule has 5 nitrogen and oxygen atoms in total. The first-order valence-corrected chi connectivity index (χ1v) is 8.26. The van der Waals surface area contributed by atoms with Crippen molar-refractivity contribution in [2.24, 2.45) is 5.92 Å². The SMILES string of the molecule is O=C(Nc1cn2cc(-c3cc(Cl)ccc3CO)ccc2n1)C1CC1F. The summed E-state index contributed by atoms with van der Waals surface area (Å²) in [5.74, 6) is -0.512. The second kappa shape index (κ2) is 6.13. The second-order valence-corrected chi connectivity index (χ2v) is 6.55. The van der Waals surface area contributed by atoms with Crippen molar-refractivity contribution in [2.75, 3.05) is 5.32 Å². The van der Waals surface area contributed by atoms with Crippen molar-refractivity contribution in [2.45, 2.75) is 19.2 Å². The summed E-state index contributed by atoms with van der Waals surface area (Å²) in [6, 6.07) is 8.99. The highest BCUT2D eigenvalue weighted by Gasteiger charge is 2.43. The number of alkyl halides is 1. The summed E-state index contributed by atoms with van der Waals surface area (Å²) in [6.45, 7) is -0.0957. The monoisotopic (exact) mass is 359 g/mol. The number of carbonyl (C=O) groups excluding carboxylic acids is 1. The van der Waals surface area contributed by atoms with Crippen molar-refractivity contribution in [3.05, 3.63) is 53.3 Å². The summed E-state index contributed by atoms with van der Waals surface area (Å²) in [5, 5.41) is 12.7. The first-order chi connectivity index (χ1) is 12.0. The molecular weight excluding hydrogens is 345 g/mol. The van der Waals surface area contributed by atoms with Gasteiger partial charge in [0.05, 0.1) is 18.7 Å². The lowest BCUT2D eigenvalue weighted by Crippen LogP contribution is -2.15. The fraction of sp³-hybridized carbons (Fsp3) is 0.222. The van der Waals surface area contributed by atoms with Crippen molar-refractivity contribution < 1.29 is 14.3 Å². The quantitative estimate of drug-likeness (QED) is 0.749. The average Bonchev–Trinajstić information content (AvgIpc) is 3.20.